The number of hydrazine groups is 1. The summed E-state index contributed by atoms with van der Waals surface area (Å²) in [5.74, 6) is 0.827. The minimum atomic E-state index is -0.0908. The van der Waals surface area contributed by atoms with E-state index >= 15 is 0 Å². The third-order valence-electron chi connectivity index (χ3n) is 6.40. The lowest BCUT2D eigenvalue weighted by molar-refractivity contribution is -0.571. The Morgan fingerprint density at radius 3 is 2.92 bits per heavy atom. The molecule has 1 aliphatic carbocycles. The van der Waals surface area contributed by atoms with Crippen LogP contribution in [0.25, 0.3) is 16.9 Å². The van der Waals surface area contributed by atoms with Gasteiger partial charge in [0.2, 0.25) is 0 Å². The van der Waals surface area contributed by atoms with Crippen molar-refractivity contribution in [1.82, 2.24) is 30.8 Å². The molecule has 0 aliphatic heterocycles. The van der Waals surface area contributed by atoms with Gasteiger partial charge in [0.05, 0.1) is 11.2 Å². The average Bonchev–Trinajstić information content (AvgIpc) is 3.60. The van der Waals surface area contributed by atoms with Crippen LogP contribution in [0.5, 0.6) is 0 Å². The number of hydrogen-bond acceptors (Lipinski definition) is 6. The topological polar surface area (TPSA) is 100 Å². The first-order valence-electron chi connectivity index (χ1n) is 12.7. The Morgan fingerprint density at radius 1 is 1.32 bits per heavy atom. The van der Waals surface area contributed by atoms with E-state index in [0.717, 1.165) is 47.5 Å². The number of benzene rings is 1. The maximum Gasteiger partial charge on any atom is 0.270 e. The van der Waals surface area contributed by atoms with Crippen LogP contribution in [0, 0.1) is 10.8 Å². The third kappa shape index (κ3) is 7.15. The summed E-state index contributed by atoms with van der Waals surface area (Å²) in [6.45, 7) is 6.60. The van der Waals surface area contributed by atoms with Crippen molar-refractivity contribution in [3.05, 3.63) is 82.0 Å². The van der Waals surface area contributed by atoms with Crippen molar-refractivity contribution in [3.8, 4) is 11.3 Å². The van der Waals surface area contributed by atoms with Crippen LogP contribution >= 0.6 is 11.6 Å². The van der Waals surface area contributed by atoms with E-state index in [4.69, 9.17) is 16.1 Å². The molecule has 2 unspecified atom stereocenters. The molecule has 3 aromatic rings. The van der Waals surface area contributed by atoms with Crippen LogP contribution in [0.15, 0.2) is 65.4 Å². The molecule has 1 aromatic carbocycles. The van der Waals surface area contributed by atoms with Crippen molar-refractivity contribution in [1.29, 1.82) is 0 Å². The molecule has 0 fully saturated rings. The van der Waals surface area contributed by atoms with E-state index in [0.29, 0.717) is 35.1 Å². The fourth-order valence-corrected chi connectivity index (χ4v) is 4.53. The zero-order valence-electron chi connectivity index (χ0n) is 21.6. The quantitative estimate of drug-likeness (QED) is 0.126. The Hall–Kier alpha value is -3.27. The number of halogens is 1. The van der Waals surface area contributed by atoms with Gasteiger partial charge in [-0.15, -0.1) is 5.43 Å². The molecule has 0 bridgehead atoms. The maximum absolute atomic E-state index is 12.7. The van der Waals surface area contributed by atoms with E-state index in [1.807, 2.05) is 56.8 Å². The van der Waals surface area contributed by atoms with E-state index in [1.54, 1.807) is 6.20 Å². The van der Waals surface area contributed by atoms with Crippen molar-refractivity contribution < 1.29 is 9.39 Å². The summed E-state index contributed by atoms with van der Waals surface area (Å²) in [7, 11) is 1.83. The smallest absolute Gasteiger partial charge is 0.270 e. The van der Waals surface area contributed by atoms with E-state index < -0.39 is 0 Å². The van der Waals surface area contributed by atoms with Crippen molar-refractivity contribution in [3.63, 3.8) is 0 Å². The zero-order chi connectivity index (χ0) is 26.2. The van der Waals surface area contributed by atoms with Gasteiger partial charge >= 0.3 is 0 Å². The first kappa shape index (κ1) is 26.8. The van der Waals surface area contributed by atoms with Crippen LogP contribution in [0.4, 0.5) is 0 Å². The first-order valence-corrected chi connectivity index (χ1v) is 13.1. The molecule has 3 N–H and O–H groups in total. The van der Waals surface area contributed by atoms with Gasteiger partial charge in [-0.2, -0.15) is 0 Å². The van der Waals surface area contributed by atoms with Gasteiger partial charge in [0, 0.05) is 60.2 Å². The van der Waals surface area contributed by atoms with Crippen LogP contribution in [-0.4, -0.2) is 39.3 Å². The molecular formula is C27H35ClN7O2+. The minimum absolute atomic E-state index is 0.0908. The number of allylic oxidation sites excluding steroid dienone is 4. The van der Waals surface area contributed by atoms with E-state index in [-0.39, 0.29) is 12.1 Å². The van der Waals surface area contributed by atoms with Gasteiger partial charge in [-0.25, -0.2) is 4.98 Å². The summed E-state index contributed by atoms with van der Waals surface area (Å²) in [5, 5.41) is 11.5. The normalized spacial score (nSPS) is 16.3. The summed E-state index contributed by atoms with van der Waals surface area (Å²) in [6, 6.07) is 7.79. The highest BCUT2D eigenvalue weighted by molar-refractivity contribution is 6.31. The third-order valence-corrected chi connectivity index (χ3v) is 6.75. The number of nitroso groups, excluding NO2 is 1. The monoisotopic (exact) mass is 524 g/mol. The molecule has 0 saturated carbocycles. The molecule has 2 aromatic heterocycles. The van der Waals surface area contributed by atoms with E-state index in [1.165, 1.54) is 0 Å². The average molecular weight is 525 g/mol. The van der Waals surface area contributed by atoms with Gasteiger partial charge in [0.15, 0.2) is 10.6 Å². The zero-order valence-corrected chi connectivity index (χ0v) is 22.3. The minimum Gasteiger partial charge on any atom is -0.356 e. The number of nitrogens with zero attached hydrogens (tertiary/aromatic N) is 4. The van der Waals surface area contributed by atoms with E-state index in [2.05, 4.69) is 43.8 Å². The van der Waals surface area contributed by atoms with Crippen LogP contribution in [0.2, 0.25) is 5.02 Å². The highest BCUT2D eigenvalue weighted by atomic mass is 35.5. The second kappa shape index (κ2) is 12.8. The predicted octanol–water partition coefficient (Wildman–Crippen LogP) is 4.92. The fraction of sp³-hybridized carbons (Fsp3) is 0.407. The summed E-state index contributed by atoms with van der Waals surface area (Å²) in [6.07, 6.45) is 11.9. The first-order chi connectivity index (χ1) is 18.0. The molecule has 10 heteroatoms. The van der Waals surface area contributed by atoms with Crippen molar-refractivity contribution >= 4 is 17.2 Å². The van der Waals surface area contributed by atoms with Crippen molar-refractivity contribution in [2.24, 2.45) is 5.92 Å². The molecule has 2 heterocycles. The van der Waals surface area contributed by atoms with Crippen molar-refractivity contribution in [2.75, 3.05) is 13.6 Å². The van der Waals surface area contributed by atoms with Crippen LogP contribution in [0.3, 0.4) is 0 Å². The number of hydrogen-bond donors (Lipinski definition) is 3. The summed E-state index contributed by atoms with van der Waals surface area (Å²) >= 11 is 6.58. The van der Waals surface area contributed by atoms with Gasteiger partial charge in [-0.1, -0.05) is 48.8 Å². The number of imidazole rings is 1. The lowest BCUT2D eigenvalue weighted by atomic mass is 9.93. The molecule has 0 saturated heterocycles. The Morgan fingerprint density at radius 2 is 2.19 bits per heavy atom. The van der Waals surface area contributed by atoms with Crippen LogP contribution in [0.1, 0.15) is 44.4 Å². The Kier molecular flexibility index (Phi) is 9.27. The number of aromatic nitrogens is 3. The molecule has 4 rings (SSSR count). The van der Waals surface area contributed by atoms with Gasteiger partial charge in [-0.05, 0) is 44.0 Å². The molecule has 0 amide bonds. The fourth-order valence-electron chi connectivity index (χ4n) is 4.29. The number of rotatable bonds is 13. The standard InChI is InChI=1S/C27H35ClN7O2/c1-4-27(29-3)32-35(36)23-13-19(2)12-22(14-23)25-16-26(37-33-25)20-6-7-21(24(28)15-20)17-30-8-5-10-34-11-9-31-18-34/h6-7,9,11-12,14-16,18-19,27,29-30H,4-5,8,10,13,17H2,1-3H3,(H,32,36)/q+1. The van der Waals surface area contributed by atoms with E-state index in [9.17, 15) is 4.91 Å². The van der Waals surface area contributed by atoms with Crippen LogP contribution in [-0.2, 0) is 13.1 Å². The van der Waals surface area contributed by atoms with Gasteiger partial charge in [0.1, 0.15) is 11.9 Å². The lowest BCUT2D eigenvalue weighted by Gasteiger charge is -2.14. The van der Waals surface area contributed by atoms with Crippen LogP contribution < -0.4 is 16.1 Å². The highest BCUT2D eigenvalue weighted by Crippen LogP contribution is 2.32. The Bertz CT molecular complexity index is 1250. The molecule has 9 nitrogen and oxygen atoms in total. The number of nitrogens with one attached hydrogen (secondary N) is 3. The Balaban J connectivity index is 1.38. The summed E-state index contributed by atoms with van der Waals surface area (Å²) in [4.78, 5) is 17.6. The summed E-state index contributed by atoms with van der Waals surface area (Å²) < 4.78 is 7.72. The van der Waals surface area contributed by atoms with Gasteiger partial charge < -0.3 is 14.4 Å². The lowest BCUT2D eigenvalue weighted by Crippen LogP contribution is -2.44. The molecule has 0 radical (unpaired) electrons. The summed E-state index contributed by atoms with van der Waals surface area (Å²) in [5.41, 5.74) is 7.05. The second-order valence-corrected chi connectivity index (χ2v) is 9.73. The molecule has 37 heavy (non-hydrogen) atoms. The molecule has 0 spiro atoms. The Labute approximate surface area is 222 Å². The molecule has 1 aliphatic rings. The highest BCUT2D eigenvalue weighted by Gasteiger charge is 2.28. The van der Waals surface area contributed by atoms with Gasteiger partial charge in [-0.3, -0.25) is 5.32 Å². The largest absolute Gasteiger partial charge is 0.356 e. The molecule has 196 valence electrons. The molecule has 2 atom stereocenters. The maximum atomic E-state index is 12.7. The predicted molar refractivity (Wildman–Crippen MR) is 145 cm³/mol. The molecular weight excluding hydrogens is 490 g/mol. The second-order valence-electron chi connectivity index (χ2n) is 9.33. The number of aryl methyl sites for hydroxylation is 1. The van der Waals surface area contributed by atoms with Gasteiger partial charge in [0.25, 0.3) is 5.70 Å². The SMILES string of the molecule is CCC(NC)N[N+](=O)C1=CC(c2cc(-c3ccc(CNCCCn4ccnc4)c(Cl)c3)on2)=CC(C)C1. The van der Waals surface area contributed by atoms with Crippen molar-refractivity contribution in [2.45, 2.75) is 52.4 Å².